The lowest BCUT2D eigenvalue weighted by molar-refractivity contribution is -0.273. The predicted octanol–water partition coefficient (Wildman–Crippen LogP) is 25.4. The number of hydrogen-bond acceptors (Lipinski definition) is 15. The fourth-order valence-electron chi connectivity index (χ4n) is 16.7. The molecule has 2 aliphatic rings. The van der Waals surface area contributed by atoms with Crippen LogP contribution in [0.3, 0.4) is 0 Å². The Balaban J connectivity index is 2.60. The molecular weight excluding hydrogens is 1470 g/mol. The predicted molar refractivity (Wildman–Crippen MR) is 467 cm³/mol. The molecule has 0 spiro atoms. The molecule has 2 aliphatic heterocycles. The Morgan fingerprint density at radius 2 is 0.687 bits per heavy atom. The zero-order chi connectivity index (χ0) is 83.7. The number of amides is 2. The van der Waals surface area contributed by atoms with Crippen LogP contribution in [0.25, 0.3) is 0 Å². The van der Waals surface area contributed by atoms with E-state index >= 15 is 4.79 Å². The molecule has 2 heterocycles. The maximum Gasteiger partial charge on any atom is 0.470 e. The Kier molecular flexibility index (Phi) is 71.1. The zero-order valence-corrected chi connectivity index (χ0v) is 75.9. The molecule has 2 unspecified atom stereocenters. The molecule has 115 heavy (non-hydrogen) atoms. The largest absolute Gasteiger partial charge is 0.470 e. The van der Waals surface area contributed by atoms with Crippen molar-refractivity contribution >= 4 is 43.5 Å². The van der Waals surface area contributed by atoms with Gasteiger partial charge in [0.1, 0.15) is 36.6 Å². The molecule has 9 atom stereocenters. The lowest BCUT2D eigenvalue weighted by atomic mass is 9.95. The third-order valence-electron chi connectivity index (χ3n) is 23.8. The van der Waals surface area contributed by atoms with Crippen LogP contribution in [0, 0.1) is 0 Å². The van der Waals surface area contributed by atoms with Gasteiger partial charge in [-0.3, -0.25) is 33.3 Å². The number of ether oxygens (including phenoxy) is 6. The van der Waals surface area contributed by atoms with Crippen LogP contribution in [0.2, 0.25) is 0 Å². The van der Waals surface area contributed by atoms with Gasteiger partial charge in [0.05, 0.1) is 38.5 Å². The topological polar surface area (TPSA) is 260 Å². The summed E-state index contributed by atoms with van der Waals surface area (Å²) in [6.07, 6.45) is 59.7. The minimum Gasteiger partial charge on any atom is -0.462 e. The van der Waals surface area contributed by atoms with E-state index < -0.39 is 99.7 Å². The molecular formula is C95H179N2O17P. The molecule has 4 N–H and O–H groups in total. The molecule has 20 heteroatoms. The number of carbonyl (C=O) groups excluding carboxylic acids is 6. The van der Waals surface area contributed by atoms with Crippen LogP contribution in [-0.2, 0) is 66.3 Å². The van der Waals surface area contributed by atoms with Crippen LogP contribution in [0.15, 0.2) is 0 Å². The first kappa shape index (κ1) is 108. The van der Waals surface area contributed by atoms with Crippen molar-refractivity contribution in [3.8, 4) is 0 Å². The van der Waals surface area contributed by atoms with E-state index in [2.05, 4.69) is 46.9 Å². The number of hydrogen-bond donors (Lipinski definition) is 4. The zero-order valence-electron chi connectivity index (χ0n) is 75.0. The normalized spacial score (nSPS) is 17.9. The van der Waals surface area contributed by atoms with Crippen molar-refractivity contribution in [2.75, 3.05) is 19.8 Å². The highest BCUT2D eigenvalue weighted by atomic mass is 31.2. The van der Waals surface area contributed by atoms with Crippen LogP contribution < -0.4 is 5.32 Å². The first-order valence-corrected chi connectivity index (χ1v) is 50.5. The third-order valence-corrected chi connectivity index (χ3v) is 24.3. The molecule has 0 aromatic heterocycles. The van der Waals surface area contributed by atoms with Crippen molar-refractivity contribution < 1.29 is 81.2 Å². The van der Waals surface area contributed by atoms with Gasteiger partial charge in [-0.15, -0.1) is 0 Å². The number of phosphoric ester groups is 1. The Morgan fingerprint density at radius 1 is 0.391 bits per heavy atom. The number of nitrogens with zero attached hydrogens (tertiary/aromatic N) is 1. The van der Waals surface area contributed by atoms with E-state index in [9.17, 15) is 43.4 Å². The summed E-state index contributed by atoms with van der Waals surface area (Å²) in [5.41, 5.74) is 0. The van der Waals surface area contributed by atoms with E-state index in [1.165, 1.54) is 218 Å². The molecule has 0 bridgehead atoms. The van der Waals surface area contributed by atoms with Crippen LogP contribution >= 0.6 is 7.82 Å². The highest BCUT2D eigenvalue weighted by Gasteiger charge is 2.53. The monoisotopic (exact) mass is 1650 g/mol. The standard InChI is InChI=1S/C95H179N2O17P/c1-7-13-19-25-31-37-40-46-52-58-64-72-88(101)109-82(69-61-55-49-43-34-28-22-16-10-4)76-86(99)96-92-94(113-91(104)78-84(71-63-57-51-45-36-30-24-18-12-6)111-90(103)74-66-60-54-48-42-39-33-27-21-15-9-3)93(114-115(105,106)107)85(79-98)112-95(92)108-80-81-68-67-75-97(81)87(100)77-83(70-62-56-50-44-35-29-23-17-11-5)110-89(102)73-65-59-53-47-41-38-32-26-20-14-8-2/h81-85,92-95,98H,7-80H2,1-6H3,(H,96,99)(H2,105,106,107)/t81-,82+,83+,84+,85?,92?,93+,94+,95+/m0/s1. The Morgan fingerprint density at radius 3 is 1.00 bits per heavy atom. The van der Waals surface area contributed by atoms with Crippen molar-refractivity contribution in [3.05, 3.63) is 0 Å². The van der Waals surface area contributed by atoms with Crippen molar-refractivity contribution in [2.45, 2.75) is 552 Å². The number of rotatable bonds is 83. The van der Waals surface area contributed by atoms with E-state index in [0.717, 1.165) is 141 Å². The molecule has 0 radical (unpaired) electrons. The average molecular weight is 1650 g/mol. The number of likely N-dealkylation sites (tertiary alicyclic amines) is 1. The van der Waals surface area contributed by atoms with Crippen molar-refractivity contribution in [1.29, 1.82) is 0 Å². The summed E-state index contributed by atoms with van der Waals surface area (Å²) in [5.74, 6) is -2.89. The van der Waals surface area contributed by atoms with Crippen molar-refractivity contribution in [2.24, 2.45) is 0 Å². The SMILES string of the molecule is CCCCCCCCCCCCCC(=O)O[C@H](CCCCCCCCCCC)CC(=O)NC1[C@H](OC[C@@H]2CCCN2C(=O)C[C@@H](CCCCCCCCCCC)OC(=O)CCCCCCCCCCCCC)OC(CO)[C@@H](OP(=O)(O)O)[C@@H]1OC(=O)C[C@@H](CCCCCCCCCCC)OC(=O)CCCCCCCCCCCCC. The molecule has 0 saturated carbocycles. The molecule has 0 aromatic rings. The van der Waals surface area contributed by atoms with Gasteiger partial charge >= 0.3 is 31.7 Å². The second kappa shape index (κ2) is 75.8. The average Bonchev–Trinajstić information content (AvgIpc) is 1.14. The van der Waals surface area contributed by atoms with Gasteiger partial charge in [-0.2, -0.15) is 0 Å². The third kappa shape index (κ3) is 60.9. The lowest BCUT2D eigenvalue weighted by Gasteiger charge is -2.45. The number of nitrogens with one attached hydrogen (secondary N) is 1. The van der Waals surface area contributed by atoms with E-state index in [4.69, 9.17) is 32.9 Å². The summed E-state index contributed by atoms with van der Waals surface area (Å²) >= 11 is 0. The van der Waals surface area contributed by atoms with Gasteiger partial charge in [0.25, 0.3) is 0 Å². The van der Waals surface area contributed by atoms with Crippen LogP contribution in [0.4, 0.5) is 0 Å². The molecule has 2 saturated heterocycles. The van der Waals surface area contributed by atoms with Crippen LogP contribution in [0.5, 0.6) is 0 Å². The van der Waals surface area contributed by atoms with Gasteiger partial charge in [-0.25, -0.2) is 4.57 Å². The minimum atomic E-state index is -5.49. The van der Waals surface area contributed by atoms with Gasteiger partial charge in [0.2, 0.25) is 11.8 Å². The Hall–Kier alpha value is -3.19. The Bertz CT molecular complexity index is 2360. The van der Waals surface area contributed by atoms with E-state index in [1.54, 1.807) is 4.90 Å². The number of unbranched alkanes of at least 4 members (excludes halogenated alkanes) is 54. The molecule has 0 aliphatic carbocycles. The van der Waals surface area contributed by atoms with Gasteiger partial charge in [-0.1, -0.05) is 388 Å². The number of phosphoric acid groups is 1. The first-order valence-electron chi connectivity index (χ1n) is 49.0. The first-order chi connectivity index (χ1) is 56.0. The fourth-order valence-corrected chi connectivity index (χ4v) is 17.2. The lowest BCUT2D eigenvalue weighted by Crippen LogP contribution is -2.66. The highest BCUT2D eigenvalue weighted by Crippen LogP contribution is 2.43. The molecule has 0 aromatic carbocycles. The maximum absolute atomic E-state index is 15.1. The summed E-state index contributed by atoms with van der Waals surface area (Å²) in [6.45, 7) is 12.7. The fraction of sp³-hybridized carbons (Fsp3) is 0.937. The minimum absolute atomic E-state index is 0.0129. The molecule has 676 valence electrons. The second-order valence-corrected chi connectivity index (χ2v) is 35.9. The molecule has 2 rings (SSSR count). The number of esters is 4. The summed E-state index contributed by atoms with van der Waals surface area (Å²) < 4.78 is 56.7. The van der Waals surface area contributed by atoms with E-state index in [0.29, 0.717) is 70.8 Å². The number of aliphatic hydroxyl groups is 1. The maximum atomic E-state index is 15.1. The number of aliphatic hydroxyl groups excluding tert-OH is 1. The van der Waals surface area contributed by atoms with Gasteiger partial charge in [0.15, 0.2) is 12.4 Å². The van der Waals surface area contributed by atoms with Crippen LogP contribution in [-0.4, -0.2) is 130 Å². The summed E-state index contributed by atoms with van der Waals surface area (Å²) in [6, 6.07) is -2.10. The highest BCUT2D eigenvalue weighted by molar-refractivity contribution is 7.46. The van der Waals surface area contributed by atoms with Crippen LogP contribution in [0.1, 0.15) is 497 Å². The summed E-state index contributed by atoms with van der Waals surface area (Å²) in [4.78, 5) is 109. The van der Waals surface area contributed by atoms with E-state index in [1.807, 2.05) is 0 Å². The molecule has 2 fully saturated rings. The van der Waals surface area contributed by atoms with Gasteiger partial charge < -0.3 is 53.5 Å². The smallest absolute Gasteiger partial charge is 0.462 e. The van der Waals surface area contributed by atoms with Crippen molar-refractivity contribution in [3.63, 3.8) is 0 Å². The molecule has 19 nitrogen and oxygen atoms in total. The van der Waals surface area contributed by atoms with Crippen molar-refractivity contribution in [1.82, 2.24) is 10.2 Å². The number of carbonyl (C=O) groups is 6. The second-order valence-electron chi connectivity index (χ2n) is 34.7. The summed E-state index contributed by atoms with van der Waals surface area (Å²) in [7, 11) is -5.49. The molecule has 2 amide bonds. The van der Waals surface area contributed by atoms with Gasteiger partial charge in [0, 0.05) is 25.8 Å². The quantitative estimate of drug-likeness (QED) is 0.0191. The van der Waals surface area contributed by atoms with E-state index in [-0.39, 0.29) is 44.2 Å². The summed E-state index contributed by atoms with van der Waals surface area (Å²) in [5, 5.41) is 14.1. The Labute approximate surface area is 703 Å². The van der Waals surface area contributed by atoms with Gasteiger partial charge in [-0.05, 0) is 70.6 Å².